The zero-order valence-electron chi connectivity index (χ0n) is 8.63. The molecule has 3 N–H and O–H groups in total. The molecule has 0 saturated heterocycles. The molecule has 0 aliphatic rings. The van der Waals surface area contributed by atoms with Crippen LogP contribution in [0, 0.1) is 5.41 Å². The van der Waals surface area contributed by atoms with E-state index in [2.05, 4.69) is 4.99 Å². The maximum Gasteiger partial charge on any atom is 0.113 e. The maximum atomic E-state index is 7.11. The number of amidine groups is 1. The standard InChI is InChI=1S/C11H14ClN3/c1-2-10(15-7-11(13)14)8-4-3-5-9(12)6-8/h3-6H,2,7H2,1H3,(H3,13,14). The van der Waals surface area contributed by atoms with E-state index in [-0.39, 0.29) is 12.4 Å². The first-order valence-corrected chi connectivity index (χ1v) is 5.13. The average Bonchev–Trinajstić information content (AvgIpc) is 2.18. The second-order valence-electron chi connectivity index (χ2n) is 3.15. The van der Waals surface area contributed by atoms with Gasteiger partial charge < -0.3 is 5.73 Å². The van der Waals surface area contributed by atoms with Gasteiger partial charge in [0.05, 0.1) is 6.54 Å². The molecular formula is C11H14ClN3. The van der Waals surface area contributed by atoms with Crippen LogP contribution in [0.4, 0.5) is 0 Å². The number of nitrogens with two attached hydrogens (primary N) is 1. The highest BCUT2D eigenvalue weighted by molar-refractivity contribution is 6.31. The topological polar surface area (TPSA) is 62.2 Å². The third-order valence-electron chi connectivity index (χ3n) is 1.93. The summed E-state index contributed by atoms with van der Waals surface area (Å²) in [5.41, 5.74) is 7.17. The average molecular weight is 224 g/mol. The van der Waals surface area contributed by atoms with Crippen LogP contribution in [-0.4, -0.2) is 18.1 Å². The predicted molar refractivity (Wildman–Crippen MR) is 65.1 cm³/mol. The van der Waals surface area contributed by atoms with Crippen molar-refractivity contribution in [1.29, 1.82) is 5.41 Å². The molecule has 3 nitrogen and oxygen atoms in total. The molecule has 0 heterocycles. The lowest BCUT2D eigenvalue weighted by atomic mass is 10.1. The van der Waals surface area contributed by atoms with Gasteiger partial charge >= 0.3 is 0 Å². The van der Waals surface area contributed by atoms with Crippen LogP contribution in [0.25, 0.3) is 0 Å². The number of benzene rings is 1. The number of nitrogens with zero attached hydrogens (tertiary/aromatic N) is 1. The van der Waals surface area contributed by atoms with Crippen LogP contribution in [0.15, 0.2) is 29.3 Å². The minimum atomic E-state index is 0.0722. The third-order valence-corrected chi connectivity index (χ3v) is 2.17. The second-order valence-corrected chi connectivity index (χ2v) is 3.59. The number of nitrogens with one attached hydrogen (secondary N) is 1. The van der Waals surface area contributed by atoms with E-state index in [1.165, 1.54) is 0 Å². The molecule has 0 amide bonds. The van der Waals surface area contributed by atoms with Crippen molar-refractivity contribution < 1.29 is 0 Å². The Hall–Kier alpha value is -1.35. The van der Waals surface area contributed by atoms with Gasteiger partial charge in [-0.05, 0) is 24.1 Å². The summed E-state index contributed by atoms with van der Waals surface area (Å²) in [6.45, 7) is 2.26. The van der Waals surface area contributed by atoms with Gasteiger partial charge in [0.25, 0.3) is 0 Å². The summed E-state index contributed by atoms with van der Waals surface area (Å²) in [6.07, 6.45) is 0.799. The van der Waals surface area contributed by atoms with E-state index in [1.807, 2.05) is 31.2 Å². The maximum absolute atomic E-state index is 7.11. The number of hydrogen-bond donors (Lipinski definition) is 2. The largest absolute Gasteiger partial charge is 0.386 e. The summed E-state index contributed by atoms with van der Waals surface area (Å²) in [6, 6.07) is 7.53. The van der Waals surface area contributed by atoms with Gasteiger partial charge in [0.1, 0.15) is 5.84 Å². The normalized spacial score (nSPS) is 11.5. The van der Waals surface area contributed by atoms with E-state index in [1.54, 1.807) is 0 Å². The zero-order chi connectivity index (χ0) is 11.3. The molecule has 0 saturated carbocycles. The Labute approximate surface area is 94.5 Å². The Morgan fingerprint density at radius 3 is 2.80 bits per heavy atom. The Balaban J connectivity index is 2.92. The monoisotopic (exact) mass is 223 g/mol. The summed E-state index contributed by atoms with van der Waals surface area (Å²) in [5.74, 6) is 0.0722. The Kier molecular flexibility index (Phi) is 4.31. The van der Waals surface area contributed by atoms with E-state index < -0.39 is 0 Å². The van der Waals surface area contributed by atoms with Crippen molar-refractivity contribution in [3.63, 3.8) is 0 Å². The van der Waals surface area contributed by atoms with Crippen LogP contribution >= 0.6 is 11.6 Å². The van der Waals surface area contributed by atoms with E-state index in [9.17, 15) is 0 Å². The number of hydrogen-bond acceptors (Lipinski definition) is 2. The predicted octanol–water partition coefficient (Wildman–Crippen LogP) is 2.48. The molecular weight excluding hydrogens is 210 g/mol. The van der Waals surface area contributed by atoms with Crippen molar-refractivity contribution in [2.45, 2.75) is 13.3 Å². The summed E-state index contributed by atoms with van der Waals surface area (Å²) in [4.78, 5) is 4.26. The zero-order valence-corrected chi connectivity index (χ0v) is 9.38. The van der Waals surface area contributed by atoms with Crippen molar-refractivity contribution in [3.8, 4) is 0 Å². The van der Waals surface area contributed by atoms with E-state index in [4.69, 9.17) is 22.7 Å². The van der Waals surface area contributed by atoms with Gasteiger partial charge in [-0.3, -0.25) is 10.4 Å². The van der Waals surface area contributed by atoms with Gasteiger partial charge in [0.15, 0.2) is 0 Å². The van der Waals surface area contributed by atoms with Gasteiger partial charge in [-0.15, -0.1) is 0 Å². The van der Waals surface area contributed by atoms with E-state index in [0.29, 0.717) is 5.02 Å². The fourth-order valence-corrected chi connectivity index (χ4v) is 1.45. The first-order chi connectivity index (χ1) is 7.13. The van der Waals surface area contributed by atoms with Gasteiger partial charge in [0, 0.05) is 10.7 Å². The van der Waals surface area contributed by atoms with Crippen LogP contribution in [0.2, 0.25) is 5.02 Å². The van der Waals surface area contributed by atoms with E-state index >= 15 is 0 Å². The second kappa shape index (κ2) is 5.51. The van der Waals surface area contributed by atoms with Crippen molar-refractivity contribution in [1.82, 2.24) is 0 Å². The highest BCUT2D eigenvalue weighted by Gasteiger charge is 2.01. The fraction of sp³-hybridized carbons (Fsp3) is 0.273. The highest BCUT2D eigenvalue weighted by Crippen LogP contribution is 2.12. The lowest BCUT2D eigenvalue weighted by molar-refractivity contribution is 1.17. The molecule has 0 spiro atoms. The first kappa shape index (κ1) is 11.7. The lowest BCUT2D eigenvalue weighted by Crippen LogP contribution is -2.15. The van der Waals surface area contributed by atoms with Crippen molar-refractivity contribution >= 4 is 23.1 Å². The molecule has 80 valence electrons. The molecule has 0 aliphatic heterocycles. The van der Waals surface area contributed by atoms with Crippen molar-refractivity contribution in [2.75, 3.05) is 6.54 Å². The molecule has 0 bridgehead atoms. The van der Waals surface area contributed by atoms with Crippen LogP contribution < -0.4 is 5.73 Å². The molecule has 0 unspecified atom stereocenters. The molecule has 1 aromatic carbocycles. The molecule has 1 rings (SSSR count). The molecule has 0 aromatic heterocycles. The summed E-state index contributed by atoms with van der Waals surface area (Å²) >= 11 is 5.89. The molecule has 0 atom stereocenters. The van der Waals surface area contributed by atoms with Crippen LogP contribution in [0.3, 0.4) is 0 Å². The fourth-order valence-electron chi connectivity index (χ4n) is 1.26. The van der Waals surface area contributed by atoms with Gasteiger partial charge in [0.2, 0.25) is 0 Å². The minimum absolute atomic E-state index is 0.0722. The first-order valence-electron chi connectivity index (χ1n) is 4.75. The minimum Gasteiger partial charge on any atom is -0.386 e. The van der Waals surface area contributed by atoms with Crippen molar-refractivity contribution in [3.05, 3.63) is 34.9 Å². The smallest absolute Gasteiger partial charge is 0.113 e. The van der Waals surface area contributed by atoms with Crippen LogP contribution in [0.5, 0.6) is 0 Å². The van der Waals surface area contributed by atoms with Crippen molar-refractivity contribution in [2.24, 2.45) is 10.7 Å². The quantitative estimate of drug-likeness (QED) is 0.598. The van der Waals surface area contributed by atoms with Gasteiger partial charge in [-0.1, -0.05) is 30.7 Å². The Morgan fingerprint density at radius 2 is 2.27 bits per heavy atom. The molecule has 4 heteroatoms. The van der Waals surface area contributed by atoms with Crippen LogP contribution in [0.1, 0.15) is 18.9 Å². The number of aliphatic imine (C=N–C) groups is 1. The molecule has 1 aromatic rings. The summed E-state index contributed by atoms with van der Waals surface area (Å²) < 4.78 is 0. The number of rotatable bonds is 4. The molecule has 0 fully saturated rings. The van der Waals surface area contributed by atoms with Gasteiger partial charge in [-0.2, -0.15) is 0 Å². The Morgan fingerprint density at radius 1 is 1.53 bits per heavy atom. The number of halogens is 1. The van der Waals surface area contributed by atoms with E-state index in [0.717, 1.165) is 17.7 Å². The summed E-state index contributed by atoms with van der Waals surface area (Å²) in [7, 11) is 0. The Bertz CT molecular complexity index is 385. The van der Waals surface area contributed by atoms with Gasteiger partial charge in [-0.25, -0.2) is 0 Å². The third kappa shape index (κ3) is 3.72. The molecule has 0 aliphatic carbocycles. The SMILES string of the molecule is CCC(=NCC(=N)N)c1cccc(Cl)c1. The highest BCUT2D eigenvalue weighted by atomic mass is 35.5. The molecule has 0 radical (unpaired) electrons. The van der Waals surface area contributed by atoms with Crippen LogP contribution in [-0.2, 0) is 0 Å². The summed E-state index contributed by atoms with van der Waals surface area (Å²) in [5, 5.41) is 7.80. The lowest BCUT2D eigenvalue weighted by Gasteiger charge is -2.04. The molecule has 15 heavy (non-hydrogen) atoms.